The summed E-state index contributed by atoms with van der Waals surface area (Å²) in [6.07, 6.45) is -5.36. The highest BCUT2D eigenvalue weighted by Gasteiger charge is 2.63. The minimum atomic E-state index is -2.62. The van der Waals surface area contributed by atoms with Gasteiger partial charge in [-0.2, -0.15) is 0 Å². The average molecular weight is 907 g/mol. The first kappa shape index (κ1) is 52.3. The predicted octanol–water partition coefficient (Wildman–Crippen LogP) is 8.62. The van der Waals surface area contributed by atoms with E-state index in [0.29, 0.717) is 24.2 Å². The smallest absolute Gasteiger partial charge is 0.369 e. The summed E-state index contributed by atoms with van der Waals surface area (Å²) in [5.41, 5.74) is 0.947. The third-order valence-corrected chi connectivity index (χ3v) is 15.3. The SMILES string of the molecule is CCC1O[C@@H](OC2C[C@@H](C)[C@H](C)C[C@H]2C)C(C)[C@@H](C)[C@@H]1O[C@@H]1OC(CO[C@@]2(C(=O)OC)OC([C@H](OC(C)=O)[C@@H](CC)OC(C)=O)[C@H](C)[C@H](C)C2F)[C@H](OCc2ccccc2)[C@H](C)C1C. The number of ether oxygens (including phenoxy) is 10. The van der Waals surface area contributed by atoms with Crippen molar-refractivity contribution in [1.29, 1.82) is 0 Å². The molecule has 4 fully saturated rings. The highest BCUT2D eigenvalue weighted by atomic mass is 19.1. The molecule has 0 N–H and O–H groups in total. The van der Waals surface area contributed by atoms with Crippen molar-refractivity contribution < 1.29 is 66.1 Å². The molecular formula is C50H79FO13. The van der Waals surface area contributed by atoms with Crippen LogP contribution in [-0.4, -0.2) is 105 Å². The van der Waals surface area contributed by atoms with Crippen LogP contribution in [0.15, 0.2) is 30.3 Å². The fourth-order valence-electron chi connectivity index (χ4n) is 10.3. The number of benzene rings is 1. The first-order valence-corrected chi connectivity index (χ1v) is 23.9. The zero-order valence-corrected chi connectivity index (χ0v) is 40.9. The lowest BCUT2D eigenvalue weighted by Gasteiger charge is -2.51. The molecule has 0 amide bonds. The Morgan fingerprint density at radius 3 is 1.92 bits per heavy atom. The molecule has 3 heterocycles. The molecule has 13 nitrogen and oxygen atoms in total. The van der Waals surface area contributed by atoms with Crippen LogP contribution in [0.4, 0.5) is 4.39 Å². The second-order valence-electron chi connectivity index (χ2n) is 19.7. The van der Waals surface area contributed by atoms with Gasteiger partial charge in [0, 0.05) is 25.7 Å². The Morgan fingerprint density at radius 1 is 0.734 bits per heavy atom. The molecule has 4 aliphatic rings. The van der Waals surface area contributed by atoms with E-state index in [4.69, 9.17) is 47.4 Å². The van der Waals surface area contributed by atoms with Crippen molar-refractivity contribution in [2.24, 2.45) is 53.3 Å². The number of rotatable bonds is 17. The minimum absolute atomic E-state index is 0.0261. The summed E-state index contributed by atoms with van der Waals surface area (Å²) in [6.45, 7) is 25.0. The third kappa shape index (κ3) is 11.7. The quantitative estimate of drug-likeness (QED) is 0.109. The van der Waals surface area contributed by atoms with Gasteiger partial charge in [-0.15, -0.1) is 0 Å². The van der Waals surface area contributed by atoms with E-state index in [-0.39, 0.29) is 67.9 Å². The Hall–Kier alpha value is -2.72. The molecule has 1 aromatic rings. The van der Waals surface area contributed by atoms with Gasteiger partial charge in [0.15, 0.2) is 24.9 Å². The molecule has 364 valence electrons. The van der Waals surface area contributed by atoms with Crippen molar-refractivity contribution in [3.05, 3.63) is 35.9 Å². The lowest BCUT2D eigenvalue weighted by atomic mass is 9.74. The van der Waals surface area contributed by atoms with Crippen LogP contribution in [0.1, 0.15) is 121 Å². The highest BCUT2D eigenvalue weighted by molar-refractivity contribution is 5.79. The van der Waals surface area contributed by atoms with Crippen LogP contribution >= 0.6 is 0 Å². The van der Waals surface area contributed by atoms with Crippen LogP contribution in [-0.2, 0) is 68.4 Å². The maximum Gasteiger partial charge on any atom is 0.369 e. The summed E-state index contributed by atoms with van der Waals surface area (Å²) < 4.78 is 80.6. The van der Waals surface area contributed by atoms with Gasteiger partial charge in [0.05, 0.1) is 44.7 Å². The first-order valence-electron chi connectivity index (χ1n) is 23.9. The Labute approximate surface area is 381 Å². The van der Waals surface area contributed by atoms with Crippen molar-refractivity contribution >= 4 is 17.9 Å². The number of carbonyl (C=O) groups is 3. The van der Waals surface area contributed by atoms with E-state index < -0.39 is 78.5 Å². The van der Waals surface area contributed by atoms with E-state index in [9.17, 15) is 14.4 Å². The second-order valence-corrected chi connectivity index (χ2v) is 19.7. The van der Waals surface area contributed by atoms with Crippen LogP contribution in [0, 0.1) is 53.3 Å². The molecule has 14 heteroatoms. The van der Waals surface area contributed by atoms with Gasteiger partial charge in [-0.1, -0.05) is 106 Å². The van der Waals surface area contributed by atoms with E-state index in [1.54, 1.807) is 20.8 Å². The van der Waals surface area contributed by atoms with Crippen molar-refractivity contribution in [2.45, 2.75) is 196 Å². The van der Waals surface area contributed by atoms with Gasteiger partial charge in [0.2, 0.25) is 0 Å². The molecule has 3 saturated heterocycles. The predicted molar refractivity (Wildman–Crippen MR) is 236 cm³/mol. The summed E-state index contributed by atoms with van der Waals surface area (Å²) in [5, 5.41) is 0. The van der Waals surface area contributed by atoms with Gasteiger partial charge in [-0.05, 0) is 72.7 Å². The minimum Gasteiger partial charge on any atom is -0.465 e. The van der Waals surface area contributed by atoms with E-state index in [1.807, 2.05) is 30.3 Å². The van der Waals surface area contributed by atoms with E-state index >= 15 is 4.39 Å². The summed E-state index contributed by atoms with van der Waals surface area (Å²) in [4.78, 5) is 38.7. The summed E-state index contributed by atoms with van der Waals surface area (Å²) in [7, 11) is 1.12. The molecule has 1 saturated carbocycles. The van der Waals surface area contributed by atoms with Crippen LogP contribution in [0.25, 0.3) is 0 Å². The highest BCUT2D eigenvalue weighted by Crippen LogP contribution is 2.46. The first-order chi connectivity index (χ1) is 30.3. The van der Waals surface area contributed by atoms with Gasteiger partial charge in [0.1, 0.15) is 18.3 Å². The van der Waals surface area contributed by atoms with Crippen molar-refractivity contribution in [1.82, 2.24) is 0 Å². The molecule has 3 aliphatic heterocycles. The van der Waals surface area contributed by atoms with Crippen LogP contribution < -0.4 is 0 Å². The molecule has 64 heavy (non-hydrogen) atoms. The molecule has 0 radical (unpaired) electrons. The molecule has 1 aliphatic carbocycles. The lowest BCUT2D eigenvalue weighted by molar-refractivity contribution is -0.361. The van der Waals surface area contributed by atoms with E-state index in [0.717, 1.165) is 25.5 Å². The molecule has 0 spiro atoms. The largest absolute Gasteiger partial charge is 0.465 e. The Kier molecular flexibility index (Phi) is 18.7. The molecule has 7 unspecified atom stereocenters. The zero-order valence-electron chi connectivity index (χ0n) is 40.9. The van der Waals surface area contributed by atoms with Crippen molar-refractivity contribution in [2.75, 3.05) is 13.7 Å². The molecule has 1 aromatic carbocycles. The van der Waals surface area contributed by atoms with Gasteiger partial charge >= 0.3 is 23.7 Å². The standard InChI is InChI=1S/C50H79FO13/c1-15-38-43(31(8)34(11)47(60-38)61-40-23-27(4)26(3)22-28(40)5)63-48-33(10)30(7)42(56-24-37-20-18-17-19-21-37)41(62-48)25-57-50(49(54)55-14)46(51)32(9)29(6)44(64-50)45(59-36(13)53)39(16-2)58-35(12)52/h17-21,26-34,38-48H,15-16,22-25H2,1-14H3/t26-,27-,28-,29-,30-,31-,32+,33?,34?,38?,39-,40?,41?,42-,43+,44?,45-,46?,47+,48+,50-/m1/s1. The van der Waals surface area contributed by atoms with Gasteiger partial charge < -0.3 is 47.4 Å². The number of carbonyl (C=O) groups excluding carboxylic acids is 3. The van der Waals surface area contributed by atoms with E-state index in [1.165, 1.54) is 13.8 Å². The average Bonchev–Trinajstić information content (AvgIpc) is 3.26. The third-order valence-electron chi connectivity index (χ3n) is 15.3. The topological polar surface area (TPSA) is 144 Å². The van der Waals surface area contributed by atoms with Gasteiger partial charge in [-0.25, -0.2) is 9.18 Å². The number of esters is 3. The Morgan fingerprint density at radius 2 is 1.33 bits per heavy atom. The van der Waals surface area contributed by atoms with Crippen molar-refractivity contribution in [3.8, 4) is 0 Å². The zero-order chi connectivity index (χ0) is 47.2. The Balaban J connectivity index is 1.43. The molecule has 21 atom stereocenters. The monoisotopic (exact) mass is 907 g/mol. The molecule has 5 rings (SSSR count). The van der Waals surface area contributed by atoms with Gasteiger partial charge in [-0.3, -0.25) is 9.59 Å². The number of hydrogen-bond acceptors (Lipinski definition) is 13. The van der Waals surface area contributed by atoms with Crippen LogP contribution in [0.3, 0.4) is 0 Å². The number of halogens is 1. The fourth-order valence-corrected chi connectivity index (χ4v) is 10.3. The van der Waals surface area contributed by atoms with Crippen LogP contribution in [0.5, 0.6) is 0 Å². The Bertz CT molecular complexity index is 1650. The fraction of sp³-hybridized carbons (Fsp3) is 0.820. The normalized spacial score (nSPS) is 41.4. The van der Waals surface area contributed by atoms with E-state index in [2.05, 4.69) is 55.4 Å². The lowest BCUT2D eigenvalue weighted by Crippen LogP contribution is -2.67. The molecule has 0 bridgehead atoms. The molecule has 0 aromatic heterocycles. The second kappa shape index (κ2) is 22.9. The summed E-state index contributed by atoms with van der Waals surface area (Å²) >= 11 is 0. The summed E-state index contributed by atoms with van der Waals surface area (Å²) in [6, 6.07) is 9.74. The van der Waals surface area contributed by atoms with Crippen LogP contribution in [0.2, 0.25) is 0 Å². The maximum atomic E-state index is 17.1. The number of alkyl halides is 1. The number of methoxy groups -OCH3 is 1. The number of hydrogen-bond donors (Lipinski definition) is 0. The summed E-state index contributed by atoms with van der Waals surface area (Å²) in [5.74, 6) is -5.11. The van der Waals surface area contributed by atoms with Gasteiger partial charge in [0.25, 0.3) is 0 Å². The molecular weight excluding hydrogens is 828 g/mol. The maximum absolute atomic E-state index is 17.1. The van der Waals surface area contributed by atoms with Crippen molar-refractivity contribution in [3.63, 3.8) is 0 Å².